The van der Waals surface area contributed by atoms with Crippen LogP contribution in [0.5, 0.6) is 5.75 Å². The molecule has 2 aromatic rings. The van der Waals surface area contributed by atoms with E-state index in [2.05, 4.69) is 5.32 Å². The number of anilines is 1. The van der Waals surface area contributed by atoms with Gasteiger partial charge in [-0.2, -0.15) is 0 Å². The van der Waals surface area contributed by atoms with Crippen LogP contribution in [0.25, 0.3) is 0 Å². The molecular formula is C18H20N2O4S. The number of rotatable bonds is 5. The second-order valence-corrected chi connectivity index (χ2v) is 7.61. The molecule has 1 heterocycles. The first-order valence-electron chi connectivity index (χ1n) is 8.06. The summed E-state index contributed by atoms with van der Waals surface area (Å²) in [7, 11) is -2.10. The van der Waals surface area contributed by atoms with Crippen molar-refractivity contribution in [3.8, 4) is 5.75 Å². The van der Waals surface area contributed by atoms with Crippen LogP contribution in [0.3, 0.4) is 0 Å². The first-order valence-corrected chi connectivity index (χ1v) is 9.50. The van der Waals surface area contributed by atoms with Crippen LogP contribution in [0.4, 0.5) is 5.69 Å². The summed E-state index contributed by atoms with van der Waals surface area (Å²) in [6, 6.07) is 13.7. The zero-order chi connectivity index (χ0) is 17.9. The molecule has 0 bridgehead atoms. The number of aryl methyl sites for hydroxylation is 1. The smallest absolute Gasteiger partial charge is 0.264 e. The largest absolute Gasteiger partial charge is 0.484 e. The number of carbonyl (C=O) groups excluding carboxylic acids is 1. The molecule has 0 atom stereocenters. The molecule has 1 aliphatic rings. The molecule has 0 fully saturated rings. The highest BCUT2D eigenvalue weighted by molar-refractivity contribution is 7.92. The van der Waals surface area contributed by atoms with Crippen LogP contribution in [0, 0.1) is 0 Å². The number of sulfonamides is 1. The molecule has 3 rings (SSSR count). The van der Waals surface area contributed by atoms with Crippen LogP contribution < -0.4 is 14.4 Å². The van der Waals surface area contributed by atoms with Crippen molar-refractivity contribution in [2.75, 3.05) is 24.5 Å². The molecule has 132 valence electrons. The molecule has 0 radical (unpaired) electrons. The average molecular weight is 360 g/mol. The SMILES string of the molecule is CNC(=O)COc1ccc(S(=O)(=O)N2CCCc3ccccc32)cc1. The van der Waals surface area contributed by atoms with Gasteiger partial charge < -0.3 is 10.1 Å². The van der Waals surface area contributed by atoms with E-state index < -0.39 is 10.0 Å². The lowest BCUT2D eigenvalue weighted by Crippen LogP contribution is -2.35. The van der Waals surface area contributed by atoms with Crippen molar-refractivity contribution in [1.29, 1.82) is 0 Å². The highest BCUT2D eigenvalue weighted by Crippen LogP contribution is 2.32. The Bertz CT molecular complexity index is 863. The number of nitrogens with zero attached hydrogens (tertiary/aromatic N) is 1. The fourth-order valence-electron chi connectivity index (χ4n) is 2.80. The van der Waals surface area contributed by atoms with Gasteiger partial charge in [0.25, 0.3) is 15.9 Å². The quantitative estimate of drug-likeness (QED) is 0.884. The van der Waals surface area contributed by atoms with E-state index in [0.717, 1.165) is 24.1 Å². The number of ether oxygens (including phenoxy) is 1. The van der Waals surface area contributed by atoms with E-state index in [1.54, 1.807) is 12.1 Å². The summed E-state index contributed by atoms with van der Waals surface area (Å²) in [5, 5.41) is 2.46. The number of likely N-dealkylation sites (N-methyl/N-ethyl adjacent to an activating group) is 1. The Labute approximate surface area is 147 Å². The molecule has 7 heteroatoms. The Kier molecular flexibility index (Phi) is 4.94. The Balaban J connectivity index is 1.83. The molecule has 0 aromatic heterocycles. The van der Waals surface area contributed by atoms with Crippen LogP contribution in [-0.2, 0) is 21.2 Å². The van der Waals surface area contributed by atoms with Crippen LogP contribution in [0.1, 0.15) is 12.0 Å². The molecule has 0 saturated carbocycles. The minimum absolute atomic E-state index is 0.109. The Hall–Kier alpha value is -2.54. The molecule has 0 spiro atoms. The summed E-state index contributed by atoms with van der Waals surface area (Å²) >= 11 is 0. The van der Waals surface area contributed by atoms with Crippen LogP contribution in [0.15, 0.2) is 53.4 Å². The summed E-state index contributed by atoms with van der Waals surface area (Å²) in [6.45, 7) is 0.358. The number of benzene rings is 2. The van der Waals surface area contributed by atoms with Crippen LogP contribution in [0.2, 0.25) is 0 Å². The topological polar surface area (TPSA) is 75.7 Å². The zero-order valence-electron chi connectivity index (χ0n) is 13.9. The summed E-state index contributed by atoms with van der Waals surface area (Å²) < 4.78 is 32.8. The van der Waals surface area contributed by atoms with Crippen molar-refractivity contribution in [3.63, 3.8) is 0 Å². The zero-order valence-corrected chi connectivity index (χ0v) is 14.8. The maximum atomic E-state index is 13.0. The van der Waals surface area contributed by atoms with Gasteiger partial charge in [0.05, 0.1) is 10.6 Å². The summed E-state index contributed by atoms with van der Waals surface area (Å²) in [5.74, 6) is 0.197. The Morgan fingerprint density at radius 3 is 2.60 bits per heavy atom. The molecule has 0 unspecified atom stereocenters. The Morgan fingerprint density at radius 1 is 1.16 bits per heavy atom. The maximum absolute atomic E-state index is 13.0. The third-order valence-corrected chi connectivity index (χ3v) is 5.96. The lowest BCUT2D eigenvalue weighted by Gasteiger charge is -2.30. The molecule has 25 heavy (non-hydrogen) atoms. The van der Waals surface area contributed by atoms with E-state index in [1.807, 2.05) is 24.3 Å². The minimum Gasteiger partial charge on any atom is -0.484 e. The first kappa shape index (κ1) is 17.3. The van der Waals surface area contributed by atoms with Gasteiger partial charge in [0.2, 0.25) is 0 Å². The number of para-hydroxylation sites is 1. The van der Waals surface area contributed by atoms with Crippen molar-refractivity contribution in [3.05, 3.63) is 54.1 Å². The number of amides is 1. The normalized spacial score (nSPS) is 13.9. The van der Waals surface area contributed by atoms with Crippen LogP contribution >= 0.6 is 0 Å². The van der Waals surface area contributed by atoms with E-state index in [1.165, 1.54) is 23.5 Å². The van der Waals surface area contributed by atoms with Gasteiger partial charge in [-0.3, -0.25) is 9.10 Å². The van der Waals surface area contributed by atoms with Crippen LogP contribution in [-0.4, -0.2) is 34.5 Å². The van der Waals surface area contributed by atoms with Gasteiger partial charge in [0.1, 0.15) is 5.75 Å². The summed E-state index contributed by atoms with van der Waals surface area (Å²) in [4.78, 5) is 11.4. The van der Waals surface area contributed by atoms with Gasteiger partial charge in [-0.1, -0.05) is 18.2 Å². The molecule has 0 aliphatic carbocycles. The molecule has 2 aromatic carbocycles. The van der Waals surface area contributed by atoms with E-state index in [-0.39, 0.29) is 17.4 Å². The lowest BCUT2D eigenvalue weighted by molar-refractivity contribution is -0.122. The second-order valence-electron chi connectivity index (χ2n) is 5.74. The van der Waals surface area contributed by atoms with E-state index in [4.69, 9.17) is 4.74 Å². The number of hydrogen-bond donors (Lipinski definition) is 1. The van der Waals surface area contributed by atoms with Crippen molar-refractivity contribution in [2.45, 2.75) is 17.7 Å². The van der Waals surface area contributed by atoms with E-state index in [0.29, 0.717) is 12.3 Å². The van der Waals surface area contributed by atoms with Crippen molar-refractivity contribution >= 4 is 21.6 Å². The number of hydrogen-bond acceptors (Lipinski definition) is 4. The summed E-state index contributed by atoms with van der Waals surface area (Å²) in [6.07, 6.45) is 1.68. The third kappa shape index (κ3) is 3.61. The average Bonchev–Trinajstić information content (AvgIpc) is 2.65. The lowest BCUT2D eigenvalue weighted by atomic mass is 10.0. The number of carbonyl (C=O) groups is 1. The fourth-order valence-corrected chi connectivity index (χ4v) is 4.35. The van der Waals surface area contributed by atoms with Gasteiger partial charge in [-0.15, -0.1) is 0 Å². The molecule has 6 nitrogen and oxygen atoms in total. The predicted molar refractivity (Wildman–Crippen MR) is 95.3 cm³/mol. The highest BCUT2D eigenvalue weighted by atomic mass is 32.2. The third-order valence-electron chi connectivity index (χ3n) is 4.13. The molecule has 1 N–H and O–H groups in total. The van der Waals surface area contributed by atoms with Gasteiger partial charge in [0.15, 0.2) is 6.61 Å². The predicted octanol–water partition coefficient (Wildman–Crippen LogP) is 1.95. The Morgan fingerprint density at radius 2 is 1.88 bits per heavy atom. The number of fused-ring (bicyclic) bond motifs is 1. The van der Waals surface area contributed by atoms with Gasteiger partial charge >= 0.3 is 0 Å². The van der Waals surface area contributed by atoms with Gasteiger partial charge in [-0.05, 0) is 48.7 Å². The molecule has 1 aliphatic heterocycles. The summed E-state index contributed by atoms with van der Waals surface area (Å²) in [5.41, 5.74) is 1.79. The van der Waals surface area contributed by atoms with Gasteiger partial charge in [0, 0.05) is 13.6 Å². The standard InChI is InChI=1S/C18H20N2O4S/c1-19-18(21)13-24-15-8-10-16(11-9-15)25(22,23)20-12-4-6-14-5-2-3-7-17(14)20/h2-3,5,7-11H,4,6,12-13H2,1H3,(H,19,21). The number of nitrogens with one attached hydrogen (secondary N) is 1. The second kappa shape index (κ2) is 7.14. The fraction of sp³-hybridized carbons (Fsp3) is 0.278. The first-order chi connectivity index (χ1) is 12.0. The van der Waals surface area contributed by atoms with Crippen molar-refractivity contribution in [1.82, 2.24) is 5.32 Å². The molecule has 0 saturated heterocycles. The van der Waals surface area contributed by atoms with Gasteiger partial charge in [-0.25, -0.2) is 8.42 Å². The highest BCUT2D eigenvalue weighted by Gasteiger charge is 2.28. The molecule has 1 amide bonds. The van der Waals surface area contributed by atoms with E-state index >= 15 is 0 Å². The van der Waals surface area contributed by atoms with Crippen molar-refractivity contribution < 1.29 is 17.9 Å². The minimum atomic E-state index is -3.63. The van der Waals surface area contributed by atoms with E-state index in [9.17, 15) is 13.2 Å². The maximum Gasteiger partial charge on any atom is 0.264 e. The monoisotopic (exact) mass is 360 g/mol. The van der Waals surface area contributed by atoms with Crippen molar-refractivity contribution in [2.24, 2.45) is 0 Å². The molecular weight excluding hydrogens is 340 g/mol.